The normalized spacial score (nSPS) is 10.9. The van der Waals surface area contributed by atoms with Gasteiger partial charge in [-0.1, -0.05) is 66.7 Å². The van der Waals surface area contributed by atoms with Gasteiger partial charge < -0.3 is 4.74 Å². The van der Waals surface area contributed by atoms with E-state index in [1.807, 2.05) is 78.9 Å². The molecule has 0 atom stereocenters. The summed E-state index contributed by atoms with van der Waals surface area (Å²) in [7, 11) is 1.65. The number of carbonyl (C=O) groups is 1. The van der Waals surface area contributed by atoms with E-state index in [0.717, 1.165) is 32.9 Å². The molecule has 0 heterocycles. The second-order valence-corrected chi connectivity index (χ2v) is 5.72. The molecule has 0 N–H and O–H groups in total. The lowest BCUT2D eigenvalue weighted by molar-refractivity contribution is 0.104. The number of ketones is 1. The summed E-state index contributed by atoms with van der Waals surface area (Å²) in [6.07, 6.45) is 0. The van der Waals surface area contributed by atoms with Gasteiger partial charge in [0.25, 0.3) is 0 Å². The molecule has 0 unspecified atom stereocenters. The van der Waals surface area contributed by atoms with Gasteiger partial charge in [-0.05, 0) is 28.3 Å². The third-order valence-corrected chi connectivity index (χ3v) is 4.38. The molecule has 24 heavy (non-hydrogen) atoms. The van der Waals surface area contributed by atoms with E-state index in [2.05, 4.69) is 0 Å². The fraction of sp³-hybridized carbons (Fsp3) is 0.0455. The van der Waals surface area contributed by atoms with Crippen LogP contribution in [0.2, 0.25) is 0 Å². The van der Waals surface area contributed by atoms with E-state index in [-0.39, 0.29) is 5.78 Å². The van der Waals surface area contributed by atoms with Gasteiger partial charge in [-0.15, -0.1) is 0 Å². The van der Waals surface area contributed by atoms with Gasteiger partial charge in [-0.2, -0.15) is 0 Å². The lowest BCUT2D eigenvalue weighted by Gasteiger charge is -2.11. The Balaban J connectivity index is 1.96. The maximum absolute atomic E-state index is 13.2. The number of hydrogen-bond donors (Lipinski definition) is 0. The van der Waals surface area contributed by atoms with E-state index in [4.69, 9.17) is 4.74 Å². The predicted molar refractivity (Wildman–Crippen MR) is 97.9 cm³/mol. The molecule has 0 radical (unpaired) electrons. The summed E-state index contributed by atoms with van der Waals surface area (Å²) in [6, 6.07) is 25.4. The molecule has 0 amide bonds. The summed E-state index contributed by atoms with van der Waals surface area (Å²) in [4.78, 5) is 13.2. The Hall–Kier alpha value is -3.13. The van der Waals surface area contributed by atoms with Crippen molar-refractivity contribution >= 4 is 27.3 Å². The second kappa shape index (κ2) is 5.82. The highest BCUT2D eigenvalue weighted by atomic mass is 16.5. The number of benzene rings is 4. The maximum atomic E-state index is 13.2. The molecular weight excluding hydrogens is 296 g/mol. The van der Waals surface area contributed by atoms with Crippen LogP contribution in [0.15, 0.2) is 78.9 Å². The van der Waals surface area contributed by atoms with Crippen LogP contribution in [0.1, 0.15) is 15.9 Å². The lowest BCUT2D eigenvalue weighted by Crippen LogP contribution is -2.03. The number of hydrogen-bond acceptors (Lipinski definition) is 2. The molecule has 0 aliphatic rings. The average Bonchev–Trinajstić information content (AvgIpc) is 2.66. The van der Waals surface area contributed by atoms with Crippen LogP contribution in [-0.4, -0.2) is 12.9 Å². The number of ether oxygens (including phenoxy) is 1. The summed E-state index contributed by atoms with van der Waals surface area (Å²) in [5.74, 6) is 0.811. The Morgan fingerprint density at radius 2 is 1.29 bits per heavy atom. The SMILES string of the molecule is COc1ccc(C(=O)c2cccc3ccccc23)c2ccccc12. The van der Waals surface area contributed by atoms with Crippen molar-refractivity contribution in [1.29, 1.82) is 0 Å². The van der Waals surface area contributed by atoms with Gasteiger partial charge in [0.1, 0.15) is 5.75 Å². The van der Waals surface area contributed by atoms with E-state index < -0.39 is 0 Å². The van der Waals surface area contributed by atoms with Crippen LogP contribution in [0, 0.1) is 0 Å². The summed E-state index contributed by atoms with van der Waals surface area (Å²) >= 11 is 0. The van der Waals surface area contributed by atoms with Gasteiger partial charge in [0.2, 0.25) is 0 Å². The number of methoxy groups -OCH3 is 1. The highest BCUT2D eigenvalue weighted by Crippen LogP contribution is 2.31. The third kappa shape index (κ3) is 2.24. The zero-order valence-corrected chi connectivity index (χ0v) is 13.3. The number of rotatable bonds is 3. The summed E-state index contributed by atoms with van der Waals surface area (Å²) in [6.45, 7) is 0. The van der Waals surface area contributed by atoms with Crippen LogP contribution in [0.3, 0.4) is 0 Å². The molecule has 0 spiro atoms. The van der Waals surface area contributed by atoms with E-state index in [1.165, 1.54) is 0 Å². The molecule has 0 bridgehead atoms. The van der Waals surface area contributed by atoms with Gasteiger partial charge >= 0.3 is 0 Å². The second-order valence-electron chi connectivity index (χ2n) is 5.72. The Morgan fingerprint density at radius 3 is 2.08 bits per heavy atom. The highest BCUT2D eigenvalue weighted by Gasteiger charge is 2.16. The molecule has 0 saturated carbocycles. The Kier molecular flexibility index (Phi) is 3.51. The van der Waals surface area contributed by atoms with Crippen LogP contribution in [0.4, 0.5) is 0 Å². The minimum Gasteiger partial charge on any atom is -0.496 e. The van der Waals surface area contributed by atoms with Crippen molar-refractivity contribution in [2.24, 2.45) is 0 Å². The standard InChI is InChI=1S/C22H16O2/c1-24-21-14-13-20(17-10-4-5-11-18(17)21)22(23)19-12-6-8-15-7-2-3-9-16(15)19/h2-14H,1H3. The van der Waals surface area contributed by atoms with E-state index in [1.54, 1.807) is 7.11 Å². The minimum atomic E-state index is 0.0330. The van der Waals surface area contributed by atoms with Crippen molar-refractivity contribution < 1.29 is 9.53 Å². The van der Waals surface area contributed by atoms with Crippen molar-refractivity contribution in [3.05, 3.63) is 90.0 Å². The molecule has 4 rings (SSSR count). The quantitative estimate of drug-likeness (QED) is 0.484. The molecule has 0 saturated heterocycles. The van der Waals surface area contributed by atoms with Crippen LogP contribution in [-0.2, 0) is 0 Å². The first kappa shape index (κ1) is 14.5. The predicted octanol–water partition coefficient (Wildman–Crippen LogP) is 5.23. The van der Waals surface area contributed by atoms with Gasteiger partial charge in [-0.25, -0.2) is 0 Å². The molecule has 4 aromatic carbocycles. The first-order chi connectivity index (χ1) is 11.8. The molecule has 2 nitrogen and oxygen atoms in total. The van der Waals surface area contributed by atoms with Crippen LogP contribution in [0.25, 0.3) is 21.5 Å². The lowest BCUT2D eigenvalue weighted by atomic mass is 9.93. The first-order valence-electron chi connectivity index (χ1n) is 7.88. The zero-order chi connectivity index (χ0) is 16.5. The van der Waals surface area contributed by atoms with Gasteiger partial charge in [0.05, 0.1) is 7.11 Å². The van der Waals surface area contributed by atoms with E-state index >= 15 is 0 Å². The molecule has 116 valence electrons. The zero-order valence-electron chi connectivity index (χ0n) is 13.3. The van der Waals surface area contributed by atoms with Crippen molar-refractivity contribution in [1.82, 2.24) is 0 Å². The fourth-order valence-corrected chi connectivity index (χ4v) is 3.22. The summed E-state index contributed by atoms with van der Waals surface area (Å²) in [5, 5.41) is 3.91. The topological polar surface area (TPSA) is 26.3 Å². The monoisotopic (exact) mass is 312 g/mol. The summed E-state index contributed by atoms with van der Waals surface area (Å²) in [5.41, 5.74) is 1.42. The van der Waals surface area contributed by atoms with Gasteiger partial charge in [-0.3, -0.25) is 4.79 Å². The van der Waals surface area contributed by atoms with E-state index in [0.29, 0.717) is 5.56 Å². The van der Waals surface area contributed by atoms with Crippen LogP contribution >= 0.6 is 0 Å². The molecular formula is C22H16O2. The Bertz CT molecular complexity index is 1060. The molecule has 0 aliphatic carbocycles. The summed E-state index contributed by atoms with van der Waals surface area (Å²) < 4.78 is 5.43. The van der Waals surface area contributed by atoms with Gasteiger partial charge in [0, 0.05) is 16.5 Å². The van der Waals surface area contributed by atoms with Crippen molar-refractivity contribution in [2.45, 2.75) is 0 Å². The first-order valence-corrected chi connectivity index (χ1v) is 7.88. The molecule has 0 aromatic heterocycles. The molecule has 2 heteroatoms. The minimum absolute atomic E-state index is 0.0330. The maximum Gasteiger partial charge on any atom is 0.194 e. The Labute approximate surface area is 140 Å². The fourth-order valence-electron chi connectivity index (χ4n) is 3.22. The average molecular weight is 312 g/mol. The van der Waals surface area contributed by atoms with Crippen molar-refractivity contribution in [2.75, 3.05) is 7.11 Å². The third-order valence-electron chi connectivity index (χ3n) is 4.38. The van der Waals surface area contributed by atoms with E-state index in [9.17, 15) is 4.79 Å². The number of fused-ring (bicyclic) bond motifs is 2. The highest BCUT2D eigenvalue weighted by molar-refractivity contribution is 6.21. The molecule has 0 fully saturated rings. The van der Waals surface area contributed by atoms with Crippen molar-refractivity contribution in [3.63, 3.8) is 0 Å². The van der Waals surface area contributed by atoms with Crippen LogP contribution in [0.5, 0.6) is 5.75 Å². The van der Waals surface area contributed by atoms with Crippen LogP contribution < -0.4 is 4.74 Å². The van der Waals surface area contributed by atoms with Crippen molar-refractivity contribution in [3.8, 4) is 5.75 Å². The largest absolute Gasteiger partial charge is 0.496 e. The molecule has 4 aromatic rings. The molecule has 0 aliphatic heterocycles. The smallest absolute Gasteiger partial charge is 0.194 e. The Morgan fingerprint density at radius 1 is 0.667 bits per heavy atom. The number of carbonyl (C=O) groups excluding carboxylic acids is 1. The van der Waals surface area contributed by atoms with Gasteiger partial charge in [0.15, 0.2) is 5.78 Å².